The Balaban J connectivity index is 0.795. The van der Waals surface area contributed by atoms with Crippen LogP contribution in [-0.2, 0) is 0 Å². The van der Waals surface area contributed by atoms with E-state index in [2.05, 4.69) is 504 Å². The number of nitrogens with zero attached hydrogens (tertiary/aromatic N) is 4. The van der Waals surface area contributed by atoms with E-state index in [1.165, 1.54) is 175 Å². The summed E-state index contributed by atoms with van der Waals surface area (Å²) in [6.45, 7) is 43.8. The van der Waals surface area contributed by atoms with E-state index in [1.807, 2.05) is 0 Å². The van der Waals surface area contributed by atoms with Gasteiger partial charge in [-0.25, -0.2) is 0 Å². The van der Waals surface area contributed by atoms with Crippen molar-refractivity contribution in [2.75, 3.05) is 19.6 Å². The predicted octanol–water partition coefficient (Wildman–Crippen LogP) is 33.7. The molecule has 130 heavy (non-hydrogen) atoms. The lowest BCUT2D eigenvalue weighted by atomic mass is 9.91. The fraction of sp³-hybridized carbons (Fsp3) is 0.148. The molecular weight excluding hydrogens is 1630 g/mol. The van der Waals surface area contributed by atoms with Crippen LogP contribution in [0.1, 0.15) is 33.4 Å². The van der Waals surface area contributed by atoms with Crippen molar-refractivity contribution in [2.45, 2.75) is 120 Å². The van der Waals surface area contributed by atoms with Gasteiger partial charge in [-0.3, -0.25) is 0 Å². The summed E-state index contributed by atoms with van der Waals surface area (Å²) < 4.78 is 0. The molecule has 20 aromatic rings. The monoisotopic (exact) mass is 1750 g/mol. The summed E-state index contributed by atoms with van der Waals surface area (Å²) in [6, 6.07) is 140. The Kier molecular flexibility index (Phi) is 21.5. The van der Waals surface area contributed by atoms with Crippen molar-refractivity contribution in [3.63, 3.8) is 0 Å². The van der Waals surface area contributed by atoms with Crippen molar-refractivity contribution < 1.29 is 0 Å². The summed E-state index contributed by atoms with van der Waals surface area (Å²) in [4.78, 5) is 10.4. The molecule has 638 valence electrons. The van der Waals surface area contributed by atoms with Gasteiger partial charge >= 0.3 is 0 Å². The average molecular weight is 1750 g/mol. The first-order valence-corrected chi connectivity index (χ1v) is 60.3. The van der Waals surface area contributed by atoms with Gasteiger partial charge in [-0.1, -0.05) is 378 Å². The maximum atomic E-state index is 2.64. The van der Waals surface area contributed by atoms with E-state index in [-0.39, 0.29) is 0 Å². The molecule has 0 bridgehead atoms. The highest BCUT2D eigenvalue weighted by Crippen LogP contribution is 2.54. The third-order valence-corrected chi connectivity index (χ3v) is 35.5. The van der Waals surface area contributed by atoms with Crippen LogP contribution in [0.3, 0.4) is 0 Å². The molecule has 0 aliphatic rings. The second kappa shape index (κ2) is 32.9. The van der Waals surface area contributed by atoms with Gasteiger partial charge in [0.15, 0.2) is 0 Å². The largest absolute Gasteiger partial charge is 0.310 e. The van der Waals surface area contributed by atoms with Crippen LogP contribution in [0.5, 0.6) is 0 Å². The summed E-state index contributed by atoms with van der Waals surface area (Å²) >= 11 is 0. The number of hydrogen-bond acceptors (Lipinski definition) is 4. The minimum absolute atomic E-state index is 1.07. The second-order valence-electron chi connectivity index (χ2n) is 40.4. The maximum Gasteiger partial charge on any atom is 0.0784 e. The molecule has 20 aromatic carbocycles. The van der Waals surface area contributed by atoms with Gasteiger partial charge in [0.2, 0.25) is 0 Å². The summed E-state index contributed by atoms with van der Waals surface area (Å²) in [5, 5.41) is 20.5. The Morgan fingerprint density at radius 3 is 0.754 bits per heavy atom. The Hall–Kier alpha value is -13.5. The van der Waals surface area contributed by atoms with Gasteiger partial charge in [-0.2, -0.15) is 0 Å². The molecule has 0 aromatic heterocycles. The van der Waals surface area contributed by atoms with E-state index in [0.29, 0.717) is 0 Å². The molecule has 0 unspecified atom stereocenters. The molecule has 4 nitrogen and oxygen atoms in total. The van der Waals surface area contributed by atoms with E-state index in [4.69, 9.17) is 0 Å². The first-order chi connectivity index (χ1) is 62.5. The van der Waals surface area contributed by atoms with Crippen molar-refractivity contribution >= 4 is 186 Å². The average Bonchev–Trinajstić information content (AvgIpc) is 0.717. The lowest BCUT2D eigenvalue weighted by molar-refractivity contribution is 1.24. The summed E-state index contributed by atoms with van der Waals surface area (Å²) in [6.07, 6.45) is 0. The van der Waals surface area contributed by atoms with E-state index < -0.39 is 32.3 Å². The Morgan fingerprint density at radius 1 is 0.162 bits per heavy atom. The fourth-order valence-corrected chi connectivity index (χ4v) is 27.5. The fourth-order valence-electron chi connectivity index (χ4n) is 20.8. The summed E-state index contributed by atoms with van der Waals surface area (Å²) in [7, 11) is -7.62. The molecule has 0 spiro atoms. The smallest absolute Gasteiger partial charge is 0.0784 e. The number of benzene rings is 20. The zero-order valence-corrected chi connectivity index (χ0v) is 82.4. The van der Waals surface area contributed by atoms with Gasteiger partial charge in [-0.05, 0) is 259 Å². The van der Waals surface area contributed by atoms with E-state index in [9.17, 15) is 0 Å². The van der Waals surface area contributed by atoms with Crippen LogP contribution in [0, 0.1) is 41.5 Å². The molecule has 20 rings (SSSR count). The number of hydrogen-bond donors (Lipinski definition) is 0. The number of aryl methyl sites for hydroxylation is 6. The number of rotatable bonds is 21. The van der Waals surface area contributed by atoms with E-state index in [1.54, 1.807) is 0 Å². The Morgan fingerprint density at radius 2 is 0.415 bits per heavy atom. The molecule has 0 radical (unpaired) electrons. The van der Waals surface area contributed by atoms with Gasteiger partial charge < -0.3 is 19.6 Å². The van der Waals surface area contributed by atoms with Crippen LogP contribution < -0.4 is 40.3 Å². The summed E-state index contributed by atoms with van der Waals surface area (Å²) in [5.74, 6) is 0. The minimum Gasteiger partial charge on any atom is -0.310 e. The zero-order valence-electron chi connectivity index (χ0n) is 78.4. The molecule has 0 saturated heterocycles. The molecule has 0 heterocycles. The van der Waals surface area contributed by atoms with Crippen LogP contribution in [0.15, 0.2) is 364 Å². The SMILES string of the molecule is Cc1cc([Si](C)(C)C)c(-c2ccccc2)cc1N(c1ccccc1)c1ccc2ccc3c(N(c4cccc(-c5ccc(C)c(N(c6cc(-c7ccccc7)c([Si](C)(C)C)cc6C)c6ccc7ccc8c(N(c9ccccc9C)c9cc(-c%10ccccc%10)c([Si](C)(C)C)cc9C)ccc9ccc6c7c98)c5)c4)c4cc(-c5ccccc5)c([Si](C)(C)C)cc4C)ccc4ccc1c2c43. The van der Waals surface area contributed by atoms with Crippen LogP contribution >= 0.6 is 0 Å². The molecule has 0 fully saturated rings. The third-order valence-electron chi connectivity index (χ3n) is 27.3. The highest BCUT2D eigenvalue weighted by molar-refractivity contribution is 6.91. The van der Waals surface area contributed by atoms with Gasteiger partial charge in [0.1, 0.15) is 0 Å². The normalized spacial score (nSPS) is 12.2. The lowest BCUT2D eigenvalue weighted by Gasteiger charge is -2.33. The van der Waals surface area contributed by atoms with E-state index >= 15 is 0 Å². The number of para-hydroxylation sites is 2. The molecule has 8 heteroatoms. The maximum absolute atomic E-state index is 2.64. The molecule has 0 saturated carbocycles. The Labute approximate surface area is 772 Å². The van der Waals surface area contributed by atoms with Crippen molar-refractivity contribution in [3.8, 4) is 55.6 Å². The van der Waals surface area contributed by atoms with Gasteiger partial charge in [0.05, 0.1) is 55.0 Å². The van der Waals surface area contributed by atoms with Crippen LogP contribution in [-0.4, -0.2) is 32.3 Å². The standard InChI is InChI=1S/C122H114N4Si4/c1-79-37-34-35-50-105(79)125(113-77-103(87-42-28-21-29-43-87)117(71-83(113)5)129(13,14)15)108-67-59-91-56-64-100-109(68-60-92-55-63-99(108)121(91)122(92)100)126(114-78-104(88-44-30-22-31-45-88)118(72-84(114)6)130(16,17)18)110-74-94(52-51-80(110)2)93-46-36-49-96(73-93)124(112-76-102(86-40-26-20-27-41-86)116(70-82(112)4)128(10,11)12)107-66-58-90-53-61-97-106(65-57-89-54-62-98(107)120(90)119(89)97)123(95-47-32-23-33-48-95)111-75-101(85-38-24-19-25-39-85)115(69-81(111)3)127(7,8)9/h19-78H,1-18H3. The van der Waals surface area contributed by atoms with Crippen molar-refractivity contribution in [1.82, 2.24) is 0 Å². The van der Waals surface area contributed by atoms with Crippen LogP contribution in [0.4, 0.5) is 68.2 Å². The predicted molar refractivity (Wildman–Crippen MR) is 580 cm³/mol. The van der Waals surface area contributed by atoms with Crippen molar-refractivity contribution in [1.29, 1.82) is 0 Å². The van der Waals surface area contributed by atoms with E-state index in [0.717, 1.165) is 68.0 Å². The van der Waals surface area contributed by atoms with Crippen LogP contribution in [0.2, 0.25) is 78.6 Å². The third kappa shape index (κ3) is 15.1. The van der Waals surface area contributed by atoms with Crippen molar-refractivity contribution in [3.05, 3.63) is 397 Å². The summed E-state index contributed by atoms with van der Waals surface area (Å²) in [5.41, 5.74) is 33.4. The topological polar surface area (TPSA) is 13.0 Å². The Bertz CT molecular complexity index is 7770. The first-order valence-electron chi connectivity index (χ1n) is 46.3. The first kappa shape index (κ1) is 84.7. The molecule has 0 atom stereocenters. The lowest BCUT2D eigenvalue weighted by Crippen LogP contribution is -2.39. The molecule has 0 amide bonds. The number of anilines is 12. The molecular formula is C122H114N4Si4. The highest BCUT2D eigenvalue weighted by atomic mass is 28.3. The zero-order chi connectivity index (χ0) is 90.1. The second-order valence-corrected chi connectivity index (χ2v) is 60.6. The molecule has 0 aliphatic carbocycles. The van der Waals surface area contributed by atoms with Crippen LogP contribution in [0.25, 0.3) is 120 Å². The van der Waals surface area contributed by atoms with Gasteiger partial charge in [0, 0.05) is 67.0 Å². The minimum atomic E-state index is -1.97. The molecule has 0 N–H and O–H groups in total. The highest BCUT2D eigenvalue weighted by Gasteiger charge is 2.34. The van der Waals surface area contributed by atoms with Gasteiger partial charge in [0.25, 0.3) is 0 Å². The van der Waals surface area contributed by atoms with Gasteiger partial charge in [-0.15, -0.1) is 0 Å². The molecule has 0 aliphatic heterocycles. The quantitative estimate of drug-likeness (QED) is 0.0525. The van der Waals surface area contributed by atoms with Crippen molar-refractivity contribution in [2.24, 2.45) is 0 Å².